The van der Waals surface area contributed by atoms with E-state index in [9.17, 15) is 9.18 Å². The number of nitrogens with one attached hydrogen (secondary N) is 1. The lowest BCUT2D eigenvalue weighted by Crippen LogP contribution is -2.19. The number of carbonyl (C=O) groups is 1. The van der Waals surface area contributed by atoms with Crippen LogP contribution < -0.4 is 5.32 Å². The SMILES string of the molecule is Cc1ccc(Cl)cc1N=C1NC(=O)/C(=C\c2ccc3c(ccn3Cc3cccc(F)c3)c2)S1. The number of thioether (sulfide) groups is 1. The molecule has 3 aromatic carbocycles. The normalized spacial score (nSPS) is 16.2. The number of aryl methyl sites for hydroxylation is 1. The minimum Gasteiger partial charge on any atom is -0.343 e. The Morgan fingerprint density at radius 1 is 1.12 bits per heavy atom. The molecule has 5 rings (SSSR count). The Kier molecular flexibility index (Phi) is 5.79. The van der Waals surface area contributed by atoms with Gasteiger partial charge < -0.3 is 9.88 Å². The van der Waals surface area contributed by atoms with Crippen LogP contribution in [0.25, 0.3) is 17.0 Å². The molecule has 4 nitrogen and oxygen atoms in total. The number of rotatable bonds is 4. The first-order chi connectivity index (χ1) is 15.9. The number of carbonyl (C=O) groups excluding carboxylic acids is 1. The first kappa shape index (κ1) is 21.5. The van der Waals surface area contributed by atoms with Gasteiger partial charge in [-0.25, -0.2) is 9.38 Å². The number of benzene rings is 3. The third kappa shape index (κ3) is 4.72. The summed E-state index contributed by atoms with van der Waals surface area (Å²) < 4.78 is 15.6. The first-order valence-corrected chi connectivity index (χ1v) is 11.5. The van der Waals surface area contributed by atoms with Crippen molar-refractivity contribution in [2.45, 2.75) is 13.5 Å². The second kappa shape index (κ2) is 8.89. The average molecular weight is 476 g/mol. The zero-order chi connectivity index (χ0) is 22.9. The lowest BCUT2D eigenvalue weighted by atomic mass is 10.1. The smallest absolute Gasteiger partial charge is 0.264 e. The van der Waals surface area contributed by atoms with E-state index in [1.54, 1.807) is 18.2 Å². The number of hydrogen-bond donors (Lipinski definition) is 1. The highest BCUT2D eigenvalue weighted by molar-refractivity contribution is 8.18. The maximum absolute atomic E-state index is 13.5. The molecule has 4 aromatic rings. The van der Waals surface area contributed by atoms with Gasteiger partial charge in [-0.3, -0.25) is 4.79 Å². The number of aliphatic imine (C=N–C) groups is 1. The van der Waals surface area contributed by atoms with Crippen molar-refractivity contribution >= 4 is 57.1 Å². The highest BCUT2D eigenvalue weighted by atomic mass is 35.5. The number of hydrogen-bond acceptors (Lipinski definition) is 3. The largest absolute Gasteiger partial charge is 0.343 e. The van der Waals surface area contributed by atoms with Crippen LogP contribution in [0.4, 0.5) is 10.1 Å². The molecule has 1 aromatic heterocycles. The van der Waals surface area contributed by atoms with E-state index in [1.807, 2.05) is 61.7 Å². The standard InChI is InChI=1S/C26H19ClFN3OS/c1-16-5-7-20(27)14-22(16)29-26-30-25(32)24(33-26)13-17-6-8-23-19(11-17)9-10-31(23)15-18-3-2-4-21(28)12-18/h2-14H,15H2,1H3,(H,29,30,32)/b24-13+. The molecule has 1 fully saturated rings. The van der Waals surface area contributed by atoms with Crippen LogP contribution in [0.2, 0.25) is 5.02 Å². The van der Waals surface area contributed by atoms with Crippen LogP contribution in [0.3, 0.4) is 0 Å². The highest BCUT2D eigenvalue weighted by Gasteiger charge is 2.24. The van der Waals surface area contributed by atoms with Crippen LogP contribution in [0.5, 0.6) is 0 Å². The van der Waals surface area contributed by atoms with Gasteiger partial charge in [0, 0.05) is 28.7 Å². The molecule has 0 aliphatic carbocycles. The molecule has 1 amide bonds. The molecular weight excluding hydrogens is 457 g/mol. The fourth-order valence-corrected chi connectivity index (χ4v) is 4.72. The Hall–Kier alpha value is -3.35. The summed E-state index contributed by atoms with van der Waals surface area (Å²) in [5.74, 6) is -0.416. The van der Waals surface area contributed by atoms with Crippen molar-refractivity contribution in [3.63, 3.8) is 0 Å². The van der Waals surface area contributed by atoms with E-state index in [1.165, 1.54) is 17.8 Å². The Morgan fingerprint density at radius 2 is 2.00 bits per heavy atom. The van der Waals surface area contributed by atoms with E-state index >= 15 is 0 Å². The number of amides is 1. The molecule has 1 aliphatic rings. The minimum atomic E-state index is -0.237. The molecule has 33 heavy (non-hydrogen) atoms. The molecule has 0 saturated carbocycles. The summed E-state index contributed by atoms with van der Waals surface area (Å²) in [5.41, 5.74) is 4.58. The van der Waals surface area contributed by atoms with Crippen LogP contribution in [0, 0.1) is 12.7 Å². The quantitative estimate of drug-likeness (QED) is 0.334. The van der Waals surface area contributed by atoms with Crippen molar-refractivity contribution < 1.29 is 9.18 Å². The second-order valence-electron chi connectivity index (χ2n) is 7.80. The molecule has 164 valence electrons. The second-order valence-corrected chi connectivity index (χ2v) is 9.27. The van der Waals surface area contributed by atoms with Gasteiger partial charge in [-0.1, -0.05) is 35.9 Å². The predicted octanol–water partition coefficient (Wildman–Crippen LogP) is 6.68. The van der Waals surface area contributed by atoms with Crippen molar-refractivity contribution in [3.8, 4) is 0 Å². The zero-order valence-corrected chi connectivity index (χ0v) is 19.3. The maximum Gasteiger partial charge on any atom is 0.264 e. The van der Waals surface area contributed by atoms with E-state index in [0.29, 0.717) is 21.6 Å². The number of halogens is 2. The van der Waals surface area contributed by atoms with Gasteiger partial charge in [0.15, 0.2) is 5.17 Å². The number of fused-ring (bicyclic) bond motifs is 1. The number of amidine groups is 1. The third-order valence-corrected chi connectivity index (χ3v) is 6.52. The van der Waals surface area contributed by atoms with Gasteiger partial charge >= 0.3 is 0 Å². The molecule has 1 aliphatic heterocycles. The molecule has 0 bridgehead atoms. The van der Waals surface area contributed by atoms with Crippen LogP contribution in [-0.2, 0) is 11.3 Å². The van der Waals surface area contributed by atoms with Crippen molar-refractivity contribution in [1.29, 1.82) is 0 Å². The molecule has 2 heterocycles. The van der Waals surface area contributed by atoms with Crippen LogP contribution in [0.1, 0.15) is 16.7 Å². The van der Waals surface area contributed by atoms with Crippen molar-refractivity contribution in [2.75, 3.05) is 0 Å². The molecule has 1 saturated heterocycles. The maximum atomic E-state index is 13.5. The van der Waals surface area contributed by atoms with Crippen LogP contribution in [-0.4, -0.2) is 15.6 Å². The van der Waals surface area contributed by atoms with Crippen molar-refractivity contribution in [3.05, 3.63) is 105 Å². The molecule has 1 N–H and O–H groups in total. The van der Waals surface area contributed by atoms with Gasteiger partial charge in [0.25, 0.3) is 5.91 Å². The van der Waals surface area contributed by atoms with Gasteiger partial charge in [-0.05, 0) is 83.9 Å². The lowest BCUT2D eigenvalue weighted by molar-refractivity contribution is -0.115. The predicted molar refractivity (Wildman–Crippen MR) is 134 cm³/mol. The van der Waals surface area contributed by atoms with E-state index in [0.717, 1.165) is 33.3 Å². The van der Waals surface area contributed by atoms with Crippen molar-refractivity contribution in [1.82, 2.24) is 9.88 Å². The van der Waals surface area contributed by atoms with Crippen molar-refractivity contribution in [2.24, 2.45) is 4.99 Å². The van der Waals surface area contributed by atoms with Crippen LogP contribution >= 0.6 is 23.4 Å². The van der Waals surface area contributed by atoms with E-state index in [2.05, 4.69) is 14.9 Å². The topological polar surface area (TPSA) is 46.4 Å². The fourth-order valence-electron chi connectivity index (χ4n) is 3.72. The number of nitrogens with zero attached hydrogens (tertiary/aromatic N) is 2. The van der Waals surface area contributed by atoms with Gasteiger partial charge in [0.05, 0.1) is 10.6 Å². The van der Waals surface area contributed by atoms with Crippen LogP contribution in [0.15, 0.2) is 82.8 Å². The van der Waals surface area contributed by atoms with E-state index < -0.39 is 0 Å². The minimum absolute atomic E-state index is 0.179. The zero-order valence-electron chi connectivity index (χ0n) is 17.7. The van der Waals surface area contributed by atoms with Gasteiger partial charge in [-0.15, -0.1) is 0 Å². The molecule has 0 radical (unpaired) electrons. The summed E-state index contributed by atoms with van der Waals surface area (Å²) in [7, 11) is 0. The molecule has 7 heteroatoms. The highest BCUT2D eigenvalue weighted by Crippen LogP contribution is 2.31. The summed E-state index contributed by atoms with van der Waals surface area (Å²) in [6, 6.07) is 20.2. The van der Waals surface area contributed by atoms with E-state index in [-0.39, 0.29) is 11.7 Å². The van der Waals surface area contributed by atoms with Gasteiger partial charge in [0.1, 0.15) is 5.82 Å². The first-order valence-electron chi connectivity index (χ1n) is 10.3. The van der Waals surface area contributed by atoms with Gasteiger partial charge in [-0.2, -0.15) is 0 Å². The molecule has 0 spiro atoms. The summed E-state index contributed by atoms with van der Waals surface area (Å²) in [6.45, 7) is 2.53. The lowest BCUT2D eigenvalue weighted by Gasteiger charge is -2.06. The Bertz CT molecular complexity index is 1460. The molecule has 0 unspecified atom stereocenters. The summed E-state index contributed by atoms with van der Waals surface area (Å²) >= 11 is 7.38. The van der Waals surface area contributed by atoms with E-state index in [4.69, 9.17) is 11.6 Å². The summed E-state index contributed by atoms with van der Waals surface area (Å²) in [4.78, 5) is 17.6. The molecular formula is C26H19ClFN3OS. The Morgan fingerprint density at radius 3 is 2.85 bits per heavy atom. The Balaban J connectivity index is 1.38. The number of aromatic nitrogens is 1. The van der Waals surface area contributed by atoms with Gasteiger partial charge in [0.2, 0.25) is 0 Å². The molecule has 0 atom stereocenters. The Labute approximate surface area is 199 Å². The average Bonchev–Trinajstić information content (AvgIpc) is 3.33. The monoisotopic (exact) mass is 475 g/mol. The summed E-state index contributed by atoms with van der Waals surface area (Å²) in [5, 5.41) is 5.00. The third-order valence-electron chi connectivity index (χ3n) is 5.38. The summed E-state index contributed by atoms with van der Waals surface area (Å²) in [6.07, 6.45) is 3.85. The fraction of sp³-hybridized carbons (Fsp3) is 0.0769.